The quantitative estimate of drug-likeness (QED) is 0.499. The van der Waals surface area contributed by atoms with Crippen LogP contribution in [0.5, 0.6) is 5.75 Å². The van der Waals surface area contributed by atoms with Gasteiger partial charge in [0.15, 0.2) is 11.6 Å². The van der Waals surface area contributed by atoms with E-state index in [1.165, 1.54) is 37.7 Å². The van der Waals surface area contributed by atoms with E-state index in [1.807, 2.05) is 24.3 Å². The minimum absolute atomic E-state index is 0.137. The van der Waals surface area contributed by atoms with Crippen LogP contribution in [0.1, 0.15) is 36.5 Å². The Morgan fingerprint density at radius 3 is 2.52 bits per heavy atom. The predicted octanol–water partition coefficient (Wildman–Crippen LogP) is 3.00. The highest BCUT2D eigenvalue weighted by Gasteiger charge is 2.11. The van der Waals surface area contributed by atoms with Crippen molar-refractivity contribution in [3.63, 3.8) is 0 Å². The molecule has 2 aromatic rings. The third-order valence-electron chi connectivity index (χ3n) is 4.21. The Kier molecular flexibility index (Phi) is 5.72. The Bertz CT molecular complexity index is 921. The minimum Gasteiger partial charge on any atom is -0.504 e. The maximum Gasteiger partial charge on any atom is 0.236 e. The number of rotatable bonds is 3. The summed E-state index contributed by atoms with van der Waals surface area (Å²) in [6.45, 7) is 3.47. The van der Waals surface area contributed by atoms with Crippen molar-refractivity contribution in [3.05, 3.63) is 58.9 Å². The first kappa shape index (κ1) is 18.5. The van der Waals surface area contributed by atoms with E-state index in [0.717, 1.165) is 24.7 Å². The Morgan fingerprint density at radius 2 is 1.85 bits per heavy atom. The van der Waals surface area contributed by atoms with Gasteiger partial charge in [-0.3, -0.25) is 4.79 Å². The van der Waals surface area contributed by atoms with Crippen LogP contribution < -0.4 is 10.3 Å². The molecule has 2 N–H and O–H groups in total. The Morgan fingerprint density at radius 1 is 1.19 bits per heavy atom. The van der Waals surface area contributed by atoms with Gasteiger partial charge < -0.3 is 10.0 Å². The second-order valence-corrected chi connectivity index (χ2v) is 6.31. The first-order valence-corrected chi connectivity index (χ1v) is 8.72. The molecular formula is C21H20FN3O2. The minimum atomic E-state index is -0.796. The van der Waals surface area contributed by atoms with Crippen molar-refractivity contribution in [1.29, 1.82) is 0 Å². The number of phenolic OH excluding ortho intramolecular Hbond substituents is 1. The smallest absolute Gasteiger partial charge is 0.236 e. The van der Waals surface area contributed by atoms with Gasteiger partial charge in [-0.1, -0.05) is 11.8 Å². The third kappa shape index (κ3) is 4.85. The van der Waals surface area contributed by atoms with Gasteiger partial charge in [0, 0.05) is 42.4 Å². The number of anilines is 1. The van der Waals surface area contributed by atoms with E-state index < -0.39 is 11.6 Å². The summed E-state index contributed by atoms with van der Waals surface area (Å²) in [5, 5.41) is 13.4. The fourth-order valence-electron chi connectivity index (χ4n) is 2.86. The zero-order valence-corrected chi connectivity index (χ0v) is 15.0. The highest BCUT2D eigenvalue weighted by Crippen LogP contribution is 2.22. The molecule has 0 aliphatic carbocycles. The van der Waals surface area contributed by atoms with E-state index in [9.17, 15) is 14.3 Å². The molecule has 6 heteroatoms. The van der Waals surface area contributed by atoms with Crippen molar-refractivity contribution >= 4 is 17.8 Å². The number of benzene rings is 2. The summed E-state index contributed by atoms with van der Waals surface area (Å²) in [6.07, 6.45) is 3.62. The monoisotopic (exact) mass is 365 g/mol. The molecule has 0 unspecified atom stereocenters. The van der Waals surface area contributed by atoms with Crippen LogP contribution in [-0.2, 0) is 4.79 Å². The van der Waals surface area contributed by atoms with Crippen LogP contribution in [0.3, 0.4) is 0 Å². The molecule has 1 saturated heterocycles. The van der Waals surface area contributed by atoms with E-state index >= 15 is 0 Å². The Hall–Kier alpha value is -3.33. The lowest BCUT2D eigenvalue weighted by Crippen LogP contribution is -2.17. The second kappa shape index (κ2) is 8.37. The van der Waals surface area contributed by atoms with Crippen LogP contribution >= 0.6 is 0 Å². The van der Waals surface area contributed by atoms with Gasteiger partial charge in [0.2, 0.25) is 5.91 Å². The maximum atomic E-state index is 13.9. The molecule has 1 aliphatic rings. The molecule has 0 bridgehead atoms. The van der Waals surface area contributed by atoms with Crippen LogP contribution in [-0.4, -0.2) is 30.3 Å². The molecule has 1 aliphatic heterocycles. The molecular weight excluding hydrogens is 345 g/mol. The first-order valence-electron chi connectivity index (χ1n) is 8.72. The average Bonchev–Trinajstić information content (AvgIpc) is 3.18. The number of nitrogens with zero attached hydrogens (tertiary/aromatic N) is 2. The number of hydrogen-bond donors (Lipinski definition) is 2. The van der Waals surface area contributed by atoms with Crippen molar-refractivity contribution in [2.24, 2.45) is 5.10 Å². The van der Waals surface area contributed by atoms with Crippen LogP contribution in [0.2, 0.25) is 0 Å². The van der Waals surface area contributed by atoms with E-state index in [1.54, 1.807) is 0 Å². The molecule has 27 heavy (non-hydrogen) atoms. The molecule has 138 valence electrons. The van der Waals surface area contributed by atoms with Crippen LogP contribution in [0.15, 0.2) is 41.5 Å². The number of hydrazone groups is 1. The Balaban J connectivity index is 1.78. The van der Waals surface area contributed by atoms with Crippen molar-refractivity contribution in [3.8, 4) is 17.6 Å². The fraction of sp³-hybridized carbons (Fsp3) is 0.238. The van der Waals surface area contributed by atoms with Gasteiger partial charge in [-0.2, -0.15) is 5.10 Å². The molecule has 0 spiro atoms. The summed E-state index contributed by atoms with van der Waals surface area (Å²) >= 11 is 0. The molecule has 1 fully saturated rings. The normalized spacial score (nSPS) is 13.5. The summed E-state index contributed by atoms with van der Waals surface area (Å²) in [5.74, 6) is 4.19. The number of carbonyl (C=O) groups excluding carboxylic acids is 1. The lowest BCUT2D eigenvalue weighted by Gasteiger charge is -2.17. The van der Waals surface area contributed by atoms with Gasteiger partial charge in [0.25, 0.3) is 0 Å². The fourth-order valence-corrected chi connectivity index (χ4v) is 2.86. The molecule has 3 rings (SSSR count). The van der Waals surface area contributed by atoms with E-state index in [0.29, 0.717) is 5.56 Å². The largest absolute Gasteiger partial charge is 0.504 e. The van der Waals surface area contributed by atoms with Crippen molar-refractivity contribution in [1.82, 2.24) is 5.43 Å². The molecule has 5 nitrogen and oxygen atoms in total. The molecule has 0 radical (unpaired) electrons. The van der Waals surface area contributed by atoms with Gasteiger partial charge in [-0.05, 0) is 49.2 Å². The molecule has 1 heterocycles. The molecule has 0 aromatic heterocycles. The number of aromatic hydroxyl groups is 1. The summed E-state index contributed by atoms with van der Waals surface area (Å²) in [5.41, 5.74) is 4.75. The summed E-state index contributed by atoms with van der Waals surface area (Å²) < 4.78 is 13.9. The number of amides is 1. The zero-order valence-electron chi connectivity index (χ0n) is 15.0. The molecule has 1 amide bonds. The van der Waals surface area contributed by atoms with Gasteiger partial charge in [-0.25, -0.2) is 9.82 Å². The Labute approximate surface area is 157 Å². The van der Waals surface area contributed by atoms with Crippen LogP contribution in [0, 0.1) is 17.7 Å². The summed E-state index contributed by atoms with van der Waals surface area (Å²) in [7, 11) is 0. The molecule has 0 saturated carbocycles. The average molecular weight is 365 g/mol. The van der Waals surface area contributed by atoms with Crippen molar-refractivity contribution in [2.75, 3.05) is 18.0 Å². The predicted molar refractivity (Wildman–Crippen MR) is 103 cm³/mol. The number of nitrogens with one attached hydrogen (secondary N) is 1. The molecule has 2 aromatic carbocycles. The highest BCUT2D eigenvalue weighted by molar-refractivity contribution is 5.85. The standard InChI is InChI=1S/C21H20FN3O2/c1-15(26)24-23-14-18-12-17(13-20(22)21(18)27)5-4-16-6-8-19(9-7-16)25-10-2-3-11-25/h6-9,12-14,27H,2-3,10-11H2,1H3,(H,24,26). The summed E-state index contributed by atoms with van der Waals surface area (Å²) in [4.78, 5) is 13.2. The van der Waals surface area contributed by atoms with Gasteiger partial charge >= 0.3 is 0 Å². The van der Waals surface area contributed by atoms with Crippen molar-refractivity contribution < 1.29 is 14.3 Å². The number of carbonyl (C=O) groups is 1. The lowest BCUT2D eigenvalue weighted by molar-refractivity contribution is -0.118. The van der Waals surface area contributed by atoms with Crippen molar-refractivity contribution in [2.45, 2.75) is 19.8 Å². The lowest BCUT2D eigenvalue weighted by atomic mass is 10.1. The third-order valence-corrected chi connectivity index (χ3v) is 4.21. The van der Waals surface area contributed by atoms with E-state index in [-0.39, 0.29) is 11.5 Å². The zero-order chi connectivity index (χ0) is 19.2. The number of hydrogen-bond acceptors (Lipinski definition) is 4. The number of phenols is 1. The number of halogens is 1. The second-order valence-electron chi connectivity index (χ2n) is 6.31. The first-order chi connectivity index (χ1) is 13.0. The topological polar surface area (TPSA) is 64.9 Å². The summed E-state index contributed by atoms with van der Waals surface area (Å²) in [6, 6.07) is 10.6. The SMILES string of the molecule is CC(=O)NN=Cc1cc(C#Cc2ccc(N3CCCC3)cc2)cc(F)c1O. The van der Waals surface area contributed by atoms with Gasteiger partial charge in [0.05, 0.1) is 6.21 Å². The van der Waals surface area contributed by atoms with Crippen LogP contribution in [0.4, 0.5) is 10.1 Å². The highest BCUT2D eigenvalue weighted by atomic mass is 19.1. The van der Waals surface area contributed by atoms with Crippen LogP contribution in [0.25, 0.3) is 0 Å². The van der Waals surface area contributed by atoms with E-state index in [2.05, 4.69) is 27.3 Å². The van der Waals surface area contributed by atoms with E-state index in [4.69, 9.17) is 0 Å². The van der Waals surface area contributed by atoms with Gasteiger partial charge in [-0.15, -0.1) is 0 Å². The molecule has 0 atom stereocenters. The maximum absolute atomic E-state index is 13.9. The van der Waals surface area contributed by atoms with Gasteiger partial charge in [0.1, 0.15) is 0 Å².